The van der Waals surface area contributed by atoms with E-state index in [2.05, 4.69) is 12.6 Å². The third kappa shape index (κ3) is 4.15. The van der Waals surface area contributed by atoms with Gasteiger partial charge in [-0.25, -0.2) is 4.79 Å². The van der Waals surface area contributed by atoms with Gasteiger partial charge in [-0.3, -0.25) is 0 Å². The van der Waals surface area contributed by atoms with Crippen LogP contribution in [-0.4, -0.2) is 12.6 Å². The lowest BCUT2D eigenvalue weighted by Gasteiger charge is -2.27. The first-order valence-corrected chi connectivity index (χ1v) is 10.3. The van der Waals surface area contributed by atoms with E-state index in [1.807, 2.05) is 24.3 Å². The predicted octanol–water partition coefficient (Wildman–Crippen LogP) is 4.75. The van der Waals surface area contributed by atoms with Gasteiger partial charge in [0.15, 0.2) is 0 Å². The van der Waals surface area contributed by atoms with Gasteiger partial charge in [0.1, 0.15) is 40.4 Å². The molecule has 2 aromatic carbocycles. The van der Waals surface area contributed by atoms with Crippen molar-refractivity contribution in [2.24, 2.45) is 5.73 Å². The second-order valence-electron chi connectivity index (χ2n) is 6.66. The average molecular weight is 430 g/mol. The molecule has 7 heteroatoms. The van der Waals surface area contributed by atoms with Gasteiger partial charge in [0.05, 0.1) is 5.92 Å². The normalized spacial score (nSPS) is 14.7. The molecule has 6 nitrogen and oxygen atoms in total. The molecular weight excluding hydrogens is 412 g/mol. The van der Waals surface area contributed by atoms with E-state index in [1.165, 1.54) is 11.3 Å². The fraction of sp³-hybridized carbons (Fsp3) is 0.0833. The fourth-order valence-electron chi connectivity index (χ4n) is 3.33. The largest absolute Gasteiger partial charge is 0.490 e. The maximum absolute atomic E-state index is 12.3. The Morgan fingerprint density at radius 3 is 2.84 bits per heavy atom. The van der Waals surface area contributed by atoms with Crippen molar-refractivity contribution in [3.63, 3.8) is 0 Å². The van der Waals surface area contributed by atoms with Crippen LogP contribution in [0.3, 0.4) is 0 Å². The van der Waals surface area contributed by atoms with Crippen molar-refractivity contribution >= 4 is 17.3 Å². The number of thiophene rings is 1. The Kier molecular flexibility index (Phi) is 5.74. The Morgan fingerprint density at radius 1 is 1.23 bits per heavy atom. The number of nitriles is 1. The summed E-state index contributed by atoms with van der Waals surface area (Å²) < 4.78 is 16.8. The first kappa shape index (κ1) is 20.3. The lowest BCUT2D eigenvalue weighted by Crippen LogP contribution is -2.21. The van der Waals surface area contributed by atoms with Crippen LogP contribution < -0.4 is 19.9 Å². The Labute approximate surface area is 183 Å². The summed E-state index contributed by atoms with van der Waals surface area (Å²) in [4.78, 5) is 12.8. The lowest BCUT2D eigenvalue weighted by molar-refractivity contribution is 0.0739. The number of esters is 1. The van der Waals surface area contributed by atoms with E-state index in [4.69, 9.17) is 19.9 Å². The summed E-state index contributed by atoms with van der Waals surface area (Å²) in [5.74, 6) is 0.531. The lowest BCUT2D eigenvalue weighted by atomic mass is 9.83. The molecule has 1 aliphatic rings. The summed E-state index contributed by atoms with van der Waals surface area (Å²) >= 11 is 1.30. The van der Waals surface area contributed by atoms with Crippen LogP contribution in [0.15, 0.2) is 84.1 Å². The van der Waals surface area contributed by atoms with Crippen LogP contribution in [0.25, 0.3) is 0 Å². The van der Waals surface area contributed by atoms with Crippen molar-refractivity contribution in [3.05, 3.63) is 100 Å². The topological polar surface area (TPSA) is 94.6 Å². The number of benzene rings is 2. The molecule has 2 N–H and O–H groups in total. The van der Waals surface area contributed by atoms with Gasteiger partial charge in [0.2, 0.25) is 5.88 Å². The molecule has 1 atom stereocenters. The number of nitrogens with zero attached hydrogens (tertiary/aromatic N) is 1. The van der Waals surface area contributed by atoms with Crippen LogP contribution in [0.1, 0.15) is 26.7 Å². The summed E-state index contributed by atoms with van der Waals surface area (Å²) in [6.45, 7) is 4.03. The van der Waals surface area contributed by atoms with Crippen LogP contribution in [-0.2, 0) is 0 Å². The molecule has 1 aliphatic heterocycles. The van der Waals surface area contributed by atoms with E-state index >= 15 is 0 Å². The molecular formula is C24H18N2O4S. The smallest absolute Gasteiger partial charge is 0.353 e. The van der Waals surface area contributed by atoms with Crippen LogP contribution in [0.2, 0.25) is 0 Å². The summed E-state index contributed by atoms with van der Waals surface area (Å²) in [6.07, 6.45) is 1.66. The third-order valence-electron chi connectivity index (χ3n) is 4.68. The second kappa shape index (κ2) is 8.78. The SMILES string of the molecule is C=CCOc1cccc(C2C(C#N)=C(N)Oc3cc(OC(=O)c4cccs4)ccc32)c1. The molecule has 0 fully saturated rings. The third-order valence-corrected chi connectivity index (χ3v) is 5.53. The maximum atomic E-state index is 12.3. The van der Waals surface area contributed by atoms with Gasteiger partial charge in [0, 0.05) is 11.6 Å². The van der Waals surface area contributed by atoms with E-state index in [0.717, 1.165) is 11.1 Å². The second-order valence-corrected chi connectivity index (χ2v) is 7.61. The monoisotopic (exact) mass is 430 g/mol. The van der Waals surface area contributed by atoms with Crippen LogP contribution >= 0.6 is 11.3 Å². The van der Waals surface area contributed by atoms with Crippen molar-refractivity contribution in [2.45, 2.75) is 5.92 Å². The van der Waals surface area contributed by atoms with Crippen LogP contribution in [0.5, 0.6) is 17.2 Å². The van der Waals surface area contributed by atoms with Crippen molar-refractivity contribution in [1.29, 1.82) is 5.26 Å². The summed E-state index contributed by atoms with van der Waals surface area (Å²) in [7, 11) is 0. The summed E-state index contributed by atoms with van der Waals surface area (Å²) in [6, 6.07) is 18.1. The minimum absolute atomic E-state index is 0.0131. The number of ether oxygens (including phenoxy) is 3. The molecule has 0 bridgehead atoms. The van der Waals surface area contributed by atoms with E-state index in [1.54, 1.807) is 41.8 Å². The zero-order valence-corrected chi connectivity index (χ0v) is 17.2. The van der Waals surface area contributed by atoms with Gasteiger partial charge in [-0.05, 0) is 35.2 Å². The number of hydrogen-bond acceptors (Lipinski definition) is 7. The van der Waals surface area contributed by atoms with Gasteiger partial charge >= 0.3 is 5.97 Å². The minimum Gasteiger partial charge on any atom is -0.490 e. The van der Waals surface area contributed by atoms with E-state index in [9.17, 15) is 10.1 Å². The van der Waals surface area contributed by atoms with Gasteiger partial charge in [-0.15, -0.1) is 11.3 Å². The molecule has 2 heterocycles. The fourth-order valence-corrected chi connectivity index (χ4v) is 3.93. The molecule has 3 aromatic rings. The molecule has 0 radical (unpaired) electrons. The number of allylic oxidation sites excluding steroid dienone is 1. The van der Waals surface area contributed by atoms with Crippen molar-refractivity contribution in [3.8, 4) is 23.3 Å². The van der Waals surface area contributed by atoms with Gasteiger partial charge < -0.3 is 19.9 Å². The predicted molar refractivity (Wildman–Crippen MR) is 117 cm³/mol. The highest BCUT2D eigenvalue weighted by Crippen LogP contribution is 2.44. The minimum atomic E-state index is -0.449. The number of carbonyl (C=O) groups excluding carboxylic acids is 1. The molecule has 0 amide bonds. The van der Waals surface area contributed by atoms with Crippen LogP contribution in [0.4, 0.5) is 0 Å². The first-order valence-electron chi connectivity index (χ1n) is 9.41. The quantitative estimate of drug-likeness (QED) is 0.344. The summed E-state index contributed by atoms with van der Waals surface area (Å²) in [5.41, 5.74) is 7.93. The Balaban J connectivity index is 1.70. The Bertz CT molecular complexity index is 1210. The maximum Gasteiger partial charge on any atom is 0.353 e. The molecule has 1 aromatic heterocycles. The van der Waals surface area contributed by atoms with E-state index in [0.29, 0.717) is 34.3 Å². The van der Waals surface area contributed by atoms with Gasteiger partial charge in [0.25, 0.3) is 0 Å². The van der Waals surface area contributed by atoms with Gasteiger partial charge in [-0.2, -0.15) is 5.26 Å². The van der Waals surface area contributed by atoms with Crippen molar-refractivity contribution in [1.82, 2.24) is 0 Å². The molecule has 0 saturated carbocycles. The molecule has 0 spiro atoms. The van der Waals surface area contributed by atoms with Crippen molar-refractivity contribution in [2.75, 3.05) is 6.61 Å². The van der Waals surface area contributed by atoms with Crippen molar-refractivity contribution < 1.29 is 19.0 Å². The number of hydrogen-bond donors (Lipinski definition) is 1. The molecule has 31 heavy (non-hydrogen) atoms. The number of rotatable bonds is 6. The standard InChI is InChI=1S/C24H18N2O4S/c1-2-10-28-16-6-3-5-15(12-16)22-18-9-8-17(29-24(27)21-7-4-11-31-21)13-20(18)30-23(26)19(22)14-25/h2-9,11-13,22H,1,10,26H2. The highest BCUT2D eigenvalue weighted by Gasteiger charge is 2.31. The van der Waals surface area contributed by atoms with E-state index < -0.39 is 11.9 Å². The molecule has 1 unspecified atom stereocenters. The van der Waals surface area contributed by atoms with Gasteiger partial charge in [-0.1, -0.05) is 36.9 Å². The Morgan fingerprint density at radius 2 is 2.10 bits per heavy atom. The average Bonchev–Trinajstić information content (AvgIpc) is 3.32. The number of nitrogens with two attached hydrogens (primary N) is 1. The number of carbonyl (C=O) groups is 1. The molecule has 0 aliphatic carbocycles. The molecule has 4 rings (SSSR count). The highest BCUT2D eigenvalue weighted by molar-refractivity contribution is 7.12. The first-order chi connectivity index (χ1) is 15.1. The zero-order chi connectivity index (χ0) is 21.8. The molecule has 154 valence electrons. The molecule has 0 saturated heterocycles. The van der Waals surface area contributed by atoms with Crippen LogP contribution in [0, 0.1) is 11.3 Å². The Hall–Kier alpha value is -4.02. The number of fused-ring (bicyclic) bond motifs is 1. The highest BCUT2D eigenvalue weighted by atomic mass is 32.1. The summed E-state index contributed by atoms with van der Waals surface area (Å²) in [5, 5.41) is 11.5. The zero-order valence-electron chi connectivity index (χ0n) is 16.4. The van der Waals surface area contributed by atoms with E-state index in [-0.39, 0.29) is 5.88 Å².